The van der Waals surface area contributed by atoms with E-state index >= 15 is 0 Å². The Labute approximate surface area is 94.1 Å². The van der Waals surface area contributed by atoms with E-state index in [-0.39, 0.29) is 6.42 Å². The zero-order valence-electron chi connectivity index (χ0n) is 9.40. The number of halogens is 1. The van der Waals surface area contributed by atoms with Gasteiger partial charge in [0.1, 0.15) is 11.7 Å². The standard InChI is InChI=1S/C12H16FNO2/c1-12(2,13)7-8-5-3-4-6-9(8)10(14)11(15)16/h3-6,10H,7,14H2,1-2H3,(H,15,16). The molecule has 3 nitrogen and oxygen atoms in total. The SMILES string of the molecule is CC(C)(F)Cc1ccccc1C(N)C(=O)O. The maximum absolute atomic E-state index is 13.5. The topological polar surface area (TPSA) is 63.3 Å². The Balaban J connectivity index is 3.05. The van der Waals surface area contributed by atoms with Gasteiger partial charge in [-0.1, -0.05) is 24.3 Å². The van der Waals surface area contributed by atoms with Crippen molar-refractivity contribution in [3.05, 3.63) is 35.4 Å². The zero-order valence-corrected chi connectivity index (χ0v) is 9.40. The second kappa shape index (κ2) is 4.61. The lowest BCUT2D eigenvalue weighted by Gasteiger charge is -2.18. The number of carboxylic acids is 1. The maximum atomic E-state index is 13.5. The molecular weight excluding hydrogens is 209 g/mol. The molecule has 0 amide bonds. The van der Waals surface area contributed by atoms with Crippen LogP contribution in [0.2, 0.25) is 0 Å². The molecule has 0 bridgehead atoms. The Kier molecular flexibility index (Phi) is 3.65. The number of hydrogen-bond donors (Lipinski definition) is 2. The molecule has 88 valence electrons. The summed E-state index contributed by atoms with van der Waals surface area (Å²) in [5, 5.41) is 8.84. The average molecular weight is 225 g/mol. The van der Waals surface area contributed by atoms with Crippen LogP contribution in [0.4, 0.5) is 4.39 Å². The minimum Gasteiger partial charge on any atom is -0.480 e. The summed E-state index contributed by atoms with van der Waals surface area (Å²) in [5.74, 6) is -1.11. The molecule has 1 aromatic rings. The fourth-order valence-electron chi connectivity index (χ4n) is 1.58. The predicted octanol–water partition coefficient (Wildman–Crippen LogP) is 2.06. The van der Waals surface area contributed by atoms with E-state index in [4.69, 9.17) is 10.8 Å². The van der Waals surface area contributed by atoms with Gasteiger partial charge in [-0.2, -0.15) is 0 Å². The molecule has 3 N–H and O–H groups in total. The summed E-state index contributed by atoms with van der Waals surface area (Å²) in [6.45, 7) is 2.91. The third kappa shape index (κ3) is 3.31. The fraction of sp³-hybridized carbons (Fsp3) is 0.417. The van der Waals surface area contributed by atoms with Crippen molar-refractivity contribution >= 4 is 5.97 Å². The summed E-state index contributed by atoms with van der Waals surface area (Å²) in [6.07, 6.45) is 0.157. The van der Waals surface area contributed by atoms with E-state index in [1.54, 1.807) is 24.3 Å². The van der Waals surface area contributed by atoms with Gasteiger partial charge in [0, 0.05) is 6.42 Å². The van der Waals surface area contributed by atoms with Crippen LogP contribution in [0.3, 0.4) is 0 Å². The van der Waals surface area contributed by atoms with Crippen molar-refractivity contribution in [2.24, 2.45) is 5.73 Å². The number of nitrogens with two attached hydrogens (primary N) is 1. The van der Waals surface area contributed by atoms with Gasteiger partial charge in [0.15, 0.2) is 0 Å². The van der Waals surface area contributed by atoms with Crippen molar-refractivity contribution in [1.29, 1.82) is 0 Å². The Hall–Kier alpha value is -1.42. The van der Waals surface area contributed by atoms with Crippen molar-refractivity contribution in [3.63, 3.8) is 0 Å². The maximum Gasteiger partial charge on any atom is 0.325 e. The van der Waals surface area contributed by atoms with Gasteiger partial charge in [-0.3, -0.25) is 4.79 Å². The van der Waals surface area contributed by atoms with Crippen LogP contribution in [-0.4, -0.2) is 16.7 Å². The van der Waals surface area contributed by atoms with Crippen molar-refractivity contribution in [1.82, 2.24) is 0 Å². The highest BCUT2D eigenvalue weighted by Crippen LogP contribution is 2.23. The van der Waals surface area contributed by atoms with E-state index in [2.05, 4.69) is 0 Å². The Morgan fingerprint density at radius 3 is 2.56 bits per heavy atom. The van der Waals surface area contributed by atoms with Gasteiger partial charge in [0.2, 0.25) is 0 Å². The van der Waals surface area contributed by atoms with Crippen LogP contribution in [0, 0.1) is 0 Å². The van der Waals surface area contributed by atoms with E-state index in [0.29, 0.717) is 11.1 Å². The number of benzene rings is 1. The Morgan fingerprint density at radius 1 is 1.50 bits per heavy atom. The first-order chi connectivity index (χ1) is 7.31. The minimum absolute atomic E-state index is 0.157. The fourth-order valence-corrected chi connectivity index (χ4v) is 1.58. The Morgan fingerprint density at radius 2 is 2.06 bits per heavy atom. The summed E-state index contributed by atoms with van der Waals surface area (Å²) in [5.41, 5.74) is 5.27. The molecule has 16 heavy (non-hydrogen) atoms. The molecule has 0 aliphatic heterocycles. The average Bonchev–Trinajstić information content (AvgIpc) is 2.15. The minimum atomic E-state index is -1.38. The van der Waals surface area contributed by atoms with Crippen molar-refractivity contribution in [2.45, 2.75) is 32.0 Å². The van der Waals surface area contributed by atoms with Crippen LogP contribution in [-0.2, 0) is 11.2 Å². The first-order valence-corrected chi connectivity index (χ1v) is 5.06. The number of aliphatic carboxylic acids is 1. The number of carboxylic acid groups (broad SMARTS) is 1. The molecule has 4 heteroatoms. The normalized spacial score (nSPS) is 13.5. The lowest BCUT2D eigenvalue weighted by molar-refractivity contribution is -0.138. The van der Waals surface area contributed by atoms with Crippen molar-refractivity contribution in [2.75, 3.05) is 0 Å². The largest absolute Gasteiger partial charge is 0.480 e. The van der Waals surface area contributed by atoms with Gasteiger partial charge in [0.25, 0.3) is 0 Å². The van der Waals surface area contributed by atoms with Crippen LogP contribution >= 0.6 is 0 Å². The smallest absolute Gasteiger partial charge is 0.325 e. The summed E-state index contributed by atoms with van der Waals surface area (Å²) in [6, 6.07) is 5.68. The van der Waals surface area contributed by atoms with Crippen LogP contribution in [0.15, 0.2) is 24.3 Å². The molecule has 0 aromatic heterocycles. The highest BCUT2D eigenvalue weighted by atomic mass is 19.1. The summed E-state index contributed by atoms with van der Waals surface area (Å²) in [4.78, 5) is 10.8. The molecule has 0 aliphatic rings. The molecule has 1 unspecified atom stereocenters. The van der Waals surface area contributed by atoms with Crippen molar-refractivity contribution in [3.8, 4) is 0 Å². The van der Waals surface area contributed by atoms with Gasteiger partial charge >= 0.3 is 5.97 Å². The quantitative estimate of drug-likeness (QED) is 0.824. The van der Waals surface area contributed by atoms with Gasteiger partial charge in [-0.25, -0.2) is 4.39 Å². The number of rotatable bonds is 4. The van der Waals surface area contributed by atoms with E-state index < -0.39 is 17.7 Å². The van der Waals surface area contributed by atoms with Crippen LogP contribution in [0.5, 0.6) is 0 Å². The molecule has 0 radical (unpaired) electrons. The van der Waals surface area contributed by atoms with E-state index in [9.17, 15) is 9.18 Å². The van der Waals surface area contributed by atoms with Crippen LogP contribution in [0.1, 0.15) is 31.0 Å². The number of hydrogen-bond acceptors (Lipinski definition) is 2. The molecule has 0 aliphatic carbocycles. The molecule has 0 saturated heterocycles. The summed E-state index contributed by atoms with van der Waals surface area (Å²) >= 11 is 0. The first kappa shape index (κ1) is 12.6. The number of alkyl halides is 1. The molecule has 0 fully saturated rings. The molecular formula is C12H16FNO2. The second-order valence-corrected chi connectivity index (χ2v) is 4.41. The summed E-state index contributed by atoms with van der Waals surface area (Å²) < 4.78 is 13.5. The van der Waals surface area contributed by atoms with E-state index in [1.807, 2.05) is 0 Å². The highest BCUT2D eigenvalue weighted by Gasteiger charge is 2.22. The van der Waals surface area contributed by atoms with Gasteiger partial charge in [0.05, 0.1) is 0 Å². The molecule has 0 saturated carbocycles. The Bertz CT molecular complexity index is 385. The van der Waals surface area contributed by atoms with E-state index in [1.165, 1.54) is 13.8 Å². The predicted molar refractivity (Wildman–Crippen MR) is 59.9 cm³/mol. The molecule has 1 aromatic carbocycles. The lowest BCUT2D eigenvalue weighted by Crippen LogP contribution is -2.24. The van der Waals surface area contributed by atoms with Crippen LogP contribution in [0.25, 0.3) is 0 Å². The third-order valence-electron chi connectivity index (χ3n) is 2.27. The highest BCUT2D eigenvalue weighted by molar-refractivity contribution is 5.75. The molecule has 0 spiro atoms. The van der Waals surface area contributed by atoms with Gasteiger partial charge in [-0.05, 0) is 25.0 Å². The monoisotopic (exact) mass is 225 g/mol. The third-order valence-corrected chi connectivity index (χ3v) is 2.27. The van der Waals surface area contributed by atoms with Gasteiger partial charge < -0.3 is 10.8 Å². The summed E-state index contributed by atoms with van der Waals surface area (Å²) in [7, 11) is 0. The van der Waals surface area contributed by atoms with Gasteiger partial charge in [-0.15, -0.1) is 0 Å². The lowest BCUT2D eigenvalue weighted by atomic mass is 9.93. The van der Waals surface area contributed by atoms with E-state index in [0.717, 1.165) is 0 Å². The molecule has 1 rings (SSSR count). The van der Waals surface area contributed by atoms with Crippen LogP contribution < -0.4 is 5.73 Å². The van der Waals surface area contributed by atoms with Crippen molar-refractivity contribution < 1.29 is 14.3 Å². The zero-order chi connectivity index (χ0) is 12.3. The molecule has 1 atom stereocenters. The second-order valence-electron chi connectivity index (χ2n) is 4.41. The molecule has 0 heterocycles. The number of carbonyl (C=O) groups is 1. The first-order valence-electron chi connectivity index (χ1n) is 5.06.